The highest BCUT2D eigenvalue weighted by atomic mass is 32.2. The molecule has 19 heavy (non-hydrogen) atoms. The minimum Gasteiger partial charge on any atom is -0.282 e. The zero-order valence-corrected chi connectivity index (χ0v) is 11.5. The molecule has 0 fully saturated rings. The quantitative estimate of drug-likeness (QED) is 0.510. The van der Waals surface area contributed by atoms with Crippen LogP contribution < -0.4 is 5.43 Å². The Morgan fingerprint density at radius 2 is 2.16 bits per heavy atom. The number of aromatic amines is 1. The third-order valence-corrected chi connectivity index (χ3v) is 3.18. The van der Waals surface area contributed by atoms with Gasteiger partial charge in [-0.3, -0.25) is 9.89 Å². The molecule has 6 heteroatoms. The van der Waals surface area contributed by atoms with E-state index in [1.54, 1.807) is 24.0 Å². The Kier molecular flexibility index (Phi) is 4.35. The standard InChI is InChI=1S/C13H14N4OS/c1-9-7-12(16-15-9)13(18)17-14-8-10-3-5-11(19-2)6-4-10/h3-8H,1-2H3,(H,15,16)(H,17,18)/b14-8-. The van der Waals surface area contributed by atoms with E-state index in [2.05, 4.69) is 20.7 Å². The first-order valence-electron chi connectivity index (χ1n) is 5.68. The van der Waals surface area contributed by atoms with E-state index in [-0.39, 0.29) is 5.91 Å². The predicted molar refractivity (Wildman–Crippen MR) is 76.6 cm³/mol. The molecule has 2 N–H and O–H groups in total. The highest BCUT2D eigenvalue weighted by Gasteiger charge is 2.07. The lowest BCUT2D eigenvalue weighted by molar-refractivity contribution is 0.0950. The van der Waals surface area contributed by atoms with E-state index in [0.717, 1.165) is 11.3 Å². The summed E-state index contributed by atoms with van der Waals surface area (Å²) >= 11 is 1.68. The van der Waals surface area contributed by atoms with Crippen molar-refractivity contribution < 1.29 is 4.79 Å². The van der Waals surface area contributed by atoms with E-state index in [1.165, 1.54) is 4.90 Å². The van der Waals surface area contributed by atoms with Gasteiger partial charge in [-0.05, 0) is 36.9 Å². The zero-order valence-electron chi connectivity index (χ0n) is 10.7. The Morgan fingerprint density at radius 3 is 2.74 bits per heavy atom. The van der Waals surface area contributed by atoms with Gasteiger partial charge in [0.2, 0.25) is 0 Å². The number of carbonyl (C=O) groups excluding carboxylic acids is 1. The van der Waals surface area contributed by atoms with Crippen molar-refractivity contribution in [3.05, 3.63) is 47.3 Å². The van der Waals surface area contributed by atoms with Crippen LogP contribution in [-0.2, 0) is 0 Å². The number of benzene rings is 1. The molecule has 98 valence electrons. The van der Waals surface area contributed by atoms with Crippen molar-refractivity contribution in [2.24, 2.45) is 5.10 Å². The summed E-state index contributed by atoms with van der Waals surface area (Å²) in [4.78, 5) is 12.8. The van der Waals surface area contributed by atoms with Gasteiger partial charge in [0.25, 0.3) is 5.91 Å². The minimum atomic E-state index is -0.332. The number of carbonyl (C=O) groups is 1. The summed E-state index contributed by atoms with van der Waals surface area (Å²) in [6.07, 6.45) is 3.62. The van der Waals surface area contributed by atoms with Crippen LogP contribution in [0.1, 0.15) is 21.7 Å². The van der Waals surface area contributed by atoms with Crippen molar-refractivity contribution in [3.63, 3.8) is 0 Å². The molecule has 0 atom stereocenters. The van der Waals surface area contributed by atoms with Crippen molar-refractivity contribution >= 4 is 23.9 Å². The molecule has 0 aliphatic carbocycles. The maximum absolute atomic E-state index is 11.6. The number of aryl methyl sites for hydroxylation is 1. The number of amides is 1. The second-order valence-corrected chi connectivity index (χ2v) is 4.79. The summed E-state index contributed by atoms with van der Waals surface area (Å²) in [5.41, 5.74) is 4.52. The first-order valence-corrected chi connectivity index (χ1v) is 6.91. The molecule has 1 aromatic heterocycles. The molecule has 0 aliphatic heterocycles. The summed E-state index contributed by atoms with van der Waals surface area (Å²) < 4.78 is 0. The number of nitrogens with zero attached hydrogens (tertiary/aromatic N) is 2. The number of rotatable bonds is 4. The first-order chi connectivity index (χ1) is 9.19. The number of hydrogen-bond donors (Lipinski definition) is 2. The highest BCUT2D eigenvalue weighted by molar-refractivity contribution is 7.98. The van der Waals surface area contributed by atoms with Crippen molar-refractivity contribution in [2.45, 2.75) is 11.8 Å². The lowest BCUT2D eigenvalue weighted by atomic mass is 10.2. The predicted octanol–water partition coefficient (Wildman–Crippen LogP) is 2.20. The minimum absolute atomic E-state index is 0.326. The van der Waals surface area contributed by atoms with Crippen LogP contribution in [0.5, 0.6) is 0 Å². The summed E-state index contributed by atoms with van der Waals surface area (Å²) in [6, 6.07) is 9.56. The molecule has 5 nitrogen and oxygen atoms in total. The van der Waals surface area contributed by atoms with Gasteiger partial charge in [0.1, 0.15) is 0 Å². The van der Waals surface area contributed by atoms with E-state index in [0.29, 0.717) is 5.69 Å². The van der Waals surface area contributed by atoms with Crippen LogP contribution in [0.15, 0.2) is 40.3 Å². The topological polar surface area (TPSA) is 70.1 Å². The maximum atomic E-state index is 11.6. The van der Waals surface area contributed by atoms with Crippen LogP contribution in [0.25, 0.3) is 0 Å². The lowest BCUT2D eigenvalue weighted by Gasteiger charge is -1.97. The number of hydrazone groups is 1. The number of H-pyrrole nitrogens is 1. The Labute approximate surface area is 115 Å². The fraction of sp³-hybridized carbons (Fsp3) is 0.154. The molecule has 1 heterocycles. The first kappa shape index (κ1) is 13.4. The van der Waals surface area contributed by atoms with Crippen molar-refractivity contribution in [2.75, 3.05) is 6.26 Å². The van der Waals surface area contributed by atoms with Crippen molar-refractivity contribution in [3.8, 4) is 0 Å². The molecule has 1 aromatic carbocycles. The fourth-order valence-corrected chi connectivity index (χ4v) is 1.86. The van der Waals surface area contributed by atoms with Crippen LogP contribution in [0.4, 0.5) is 0 Å². The van der Waals surface area contributed by atoms with Crippen LogP contribution in [-0.4, -0.2) is 28.6 Å². The second kappa shape index (κ2) is 6.19. The molecule has 0 unspecified atom stereocenters. The Balaban J connectivity index is 1.94. The molecule has 2 aromatic rings. The number of thioether (sulfide) groups is 1. The Bertz CT molecular complexity index is 589. The SMILES string of the molecule is CSc1ccc(/C=N\NC(=O)c2cc(C)[nH]n2)cc1. The van der Waals surface area contributed by atoms with E-state index in [4.69, 9.17) is 0 Å². The molecular weight excluding hydrogens is 260 g/mol. The summed E-state index contributed by atoms with van der Waals surface area (Å²) in [5, 5.41) is 10.5. The van der Waals surface area contributed by atoms with Gasteiger partial charge in [0.15, 0.2) is 5.69 Å². The fourth-order valence-electron chi connectivity index (χ4n) is 1.45. The molecule has 0 bridgehead atoms. The van der Waals surface area contributed by atoms with E-state index in [1.807, 2.05) is 37.4 Å². The molecule has 0 aliphatic rings. The van der Waals surface area contributed by atoms with Crippen LogP contribution in [0, 0.1) is 6.92 Å². The van der Waals surface area contributed by atoms with Crippen molar-refractivity contribution in [1.82, 2.24) is 15.6 Å². The Hall–Kier alpha value is -2.08. The number of aromatic nitrogens is 2. The van der Waals surface area contributed by atoms with Gasteiger partial charge in [-0.2, -0.15) is 10.2 Å². The molecule has 2 rings (SSSR count). The molecular formula is C13H14N4OS. The molecule has 1 amide bonds. The average Bonchev–Trinajstić information content (AvgIpc) is 2.86. The zero-order chi connectivity index (χ0) is 13.7. The third-order valence-electron chi connectivity index (χ3n) is 2.43. The van der Waals surface area contributed by atoms with Gasteiger partial charge >= 0.3 is 0 Å². The Morgan fingerprint density at radius 1 is 1.42 bits per heavy atom. The van der Waals surface area contributed by atoms with Gasteiger partial charge < -0.3 is 0 Å². The van der Waals surface area contributed by atoms with Gasteiger partial charge in [-0.1, -0.05) is 12.1 Å². The molecule has 0 saturated carbocycles. The normalized spacial score (nSPS) is 10.8. The molecule has 0 spiro atoms. The average molecular weight is 274 g/mol. The van der Waals surface area contributed by atoms with E-state index in [9.17, 15) is 4.79 Å². The van der Waals surface area contributed by atoms with Crippen molar-refractivity contribution in [1.29, 1.82) is 0 Å². The third kappa shape index (κ3) is 3.69. The van der Waals surface area contributed by atoms with Crippen LogP contribution >= 0.6 is 11.8 Å². The number of nitrogens with one attached hydrogen (secondary N) is 2. The van der Waals surface area contributed by atoms with Gasteiger partial charge in [-0.25, -0.2) is 5.43 Å². The number of hydrogen-bond acceptors (Lipinski definition) is 4. The lowest BCUT2D eigenvalue weighted by Crippen LogP contribution is -2.17. The van der Waals surface area contributed by atoms with Gasteiger partial charge in [-0.15, -0.1) is 11.8 Å². The summed E-state index contributed by atoms with van der Waals surface area (Å²) in [7, 11) is 0. The van der Waals surface area contributed by atoms with Crippen LogP contribution in [0.2, 0.25) is 0 Å². The van der Waals surface area contributed by atoms with Gasteiger partial charge in [0.05, 0.1) is 6.21 Å². The largest absolute Gasteiger partial charge is 0.291 e. The second-order valence-electron chi connectivity index (χ2n) is 3.91. The maximum Gasteiger partial charge on any atom is 0.291 e. The molecule has 0 radical (unpaired) electrons. The summed E-state index contributed by atoms with van der Waals surface area (Å²) in [5.74, 6) is -0.332. The van der Waals surface area contributed by atoms with Crippen LogP contribution in [0.3, 0.4) is 0 Å². The van der Waals surface area contributed by atoms with E-state index < -0.39 is 0 Å². The highest BCUT2D eigenvalue weighted by Crippen LogP contribution is 2.13. The van der Waals surface area contributed by atoms with E-state index >= 15 is 0 Å². The monoisotopic (exact) mass is 274 g/mol. The molecule has 0 saturated heterocycles. The van der Waals surface area contributed by atoms with Gasteiger partial charge in [0, 0.05) is 10.6 Å². The smallest absolute Gasteiger partial charge is 0.282 e. The summed E-state index contributed by atoms with van der Waals surface area (Å²) in [6.45, 7) is 1.83.